The number of hydrogen-bond donors (Lipinski definition) is 0. The zero-order valence-electron chi connectivity index (χ0n) is 12.7. The molecule has 0 aliphatic carbocycles. The molecule has 2 aromatic heterocycles. The molecule has 6 heteroatoms. The smallest absolute Gasteiger partial charge is 0.303 e. The standard InChI is InChI=1S/C17H15F3N2S/c1-3-23-14-7-5-4-6-13(14)12-8-9-16-21-15(17(18,19)20)10-22(16)11(12)2/h4-10H,3H2,1-2H3. The maximum atomic E-state index is 12.9. The van der Waals surface area contributed by atoms with Crippen molar-refractivity contribution in [2.24, 2.45) is 0 Å². The third-order valence-corrected chi connectivity index (χ3v) is 4.61. The summed E-state index contributed by atoms with van der Waals surface area (Å²) in [4.78, 5) is 4.79. The van der Waals surface area contributed by atoms with Gasteiger partial charge < -0.3 is 4.40 Å². The molecule has 0 saturated carbocycles. The summed E-state index contributed by atoms with van der Waals surface area (Å²) in [5, 5.41) is 0. The van der Waals surface area contributed by atoms with Crippen LogP contribution in [0.15, 0.2) is 47.5 Å². The third kappa shape index (κ3) is 2.95. The number of halogens is 3. The molecule has 120 valence electrons. The lowest BCUT2D eigenvalue weighted by Crippen LogP contribution is -2.04. The lowest BCUT2D eigenvalue weighted by molar-refractivity contribution is -0.140. The molecular weight excluding hydrogens is 321 g/mol. The van der Waals surface area contributed by atoms with Crippen molar-refractivity contribution < 1.29 is 13.2 Å². The number of thioether (sulfide) groups is 1. The predicted molar refractivity (Wildman–Crippen MR) is 86.8 cm³/mol. The van der Waals surface area contributed by atoms with Gasteiger partial charge in [0.25, 0.3) is 0 Å². The summed E-state index contributed by atoms with van der Waals surface area (Å²) in [5.74, 6) is 0.932. The van der Waals surface area contributed by atoms with Crippen molar-refractivity contribution in [2.45, 2.75) is 24.9 Å². The van der Waals surface area contributed by atoms with Crippen LogP contribution in [-0.4, -0.2) is 15.1 Å². The molecule has 0 atom stereocenters. The van der Waals surface area contributed by atoms with E-state index in [9.17, 15) is 13.2 Å². The molecule has 0 aliphatic rings. The van der Waals surface area contributed by atoms with Crippen LogP contribution in [0.25, 0.3) is 16.8 Å². The molecule has 2 heterocycles. The van der Waals surface area contributed by atoms with Crippen LogP contribution in [0.3, 0.4) is 0 Å². The summed E-state index contributed by atoms with van der Waals surface area (Å²) in [7, 11) is 0. The molecule has 0 amide bonds. The minimum absolute atomic E-state index is 0.305. The van der Waals surface area contributed by atoms with Crippen LogP contribution < -0.4 is 0 Å². The summed E-state index contributed by atoms with van der Waals surface area (Å²) >= 11 is 1.72. The van der Waals surface area contributed by atoms with Gasteiger partial charge in [-0.1, -0.05) is 25.1 Å². The van der Waals surface area contributed by atoms with Gasteiger partial charge in [-0.15, -0.1) is 11.8 Å². The Kier molecular flexibility index (Phi) is 4.10. The number of pyridine rings is 1. The zero-order valence-corrected chi connectivity index (χ0v) is 13.5. The summed E-state index contributed by atoms with van der Waals surface area (Å²) in [6.07, 6.45) is -3.38. The van der Waals surface area contributed by atoms with Crippen LogP contribution >= 0.6 is 11.8 Å². The van der Waals surface area contributed by atoms with E-state index in [0.29, 0.717) is 5.65 Å². The quantitative estimate of drug-likeness (QED) is 0.593. The fourth-order valence-corrected chi connectivity index (χ4v) is 3.40. The first-order valence-electron chi connectivity index (χ1n) is 7.20. The van der Waals surface area contributed by atoms with E-state index in [2.05, 4.69) is 11.9 Å². The maximum Gasteiger partial charge on any atom is 0.434 e. The van der Waals surface area contributed by atoms with Crippen molar-refractivity contribution in [1.82, 2.24) is 9.38 Å². The highest BCUT2D eigenvalue weighted by molar-refractivity contribution is 7.99. The van der Waals surface area contributed by atoms with Gasteiger partial charge in [-0.2, -0.15) is 13.2 Å². The van der Waals surface area contributed by atoms with Crippen LogP contribution in [0, 0.1) is 6.92 Å². The summed E-state index contributed by atoms with van der Waals surface area (Å²) in [6.45, 7) is 3.89. The molecule has 0 fully saturated rings. The average Bonchev–Trinajstić information content (AvgIpc) is 2.94. The van der Waals surface area contributed by atoms with Gasteiger partial charge in [0, 0.05) is 22.3 Å². The van der Waals surface area contributed by atoms with E-state index >= 15 is 0 Å². The number of fused-ring (bicyclic) bond motifs is 1. The molecular formula is C17H15F3N2S. The molecule has 3 aromatic rings. The molecule has 1 aromatic carbocycles. The van der Waals surface area contributed by atoms with Gasteiger partial charge in [0.15, 0.2) is 5.69 Å². The number of aryl methyl sites for hydroxylation is 1. The van der Waals surface area contributed by atoms with Crippen molar-refractivity contribution in [3.63, 3.8) is 0 Å². The Labute approximate surface area is 136 Å². The first kappa shape index (κ1) is 15.9. The van der Waals surface area contributed by atoms with Crippen molar-refractivity contribution in [3.05, 3.63) is 54.0 Å². The zero-order chi connectivity index (χ0) is 16.6. The third-order valence-electron chi connectivity index (χ3n) is 3.65. The molecule has 0 bridgehead atoms. The van der Waals surface area contributed by atoms with E-state index in [0.717, 1.165) is 33.7 Å². The van der Waals surface area contributed by atoms with Gasteiger partial charge in [-0.3, -0.25) is 0 Å². The topological polar surface area (TPSA) is 17.3 Å². The van der Waals surface area contributed by atoms with Gasteiger partial charge in [-0.25, -0.2) is 4.98 Å². The summed E-state index contributed by atoms with van der Waals surface area (Å²) in [6, 6.07) is 11.4. The molecule has 0 N–H and O–H groups in total. The van der Waals surface area contributed by atoms with Crippen molar-refractivity contribution in [3.8, 4) is 11.1 Å². The van der Waals surface area contributed by atoms with Crippen LogP contribution in [-0.2, 0) is 6.18 Å². The van der Waals surface area contributed by atoms with Crippen LogP contribution in [0.2, 0.25) is 0 Å². The first-order valence-corrected chi connectivity index (χ1v) is 8.18. The number of imidazole rings is 1. The normalized spacial score (nSPS) is 12.0. The second-order valence-electron chi connectivity index (χ2n) is 5.11. The van der Waals surface area contributed by atoms with E-state index < -0.39 is 11.9 Å². The van der Waals surface area contributed by atoms with Crippen LogP contribution in [0.5, 0.6) is 0 Å². The largest absolute Gasteiger partial charge is 0.434 e. The minimum Gasteiger partial charge on any atom is -0.303 e. The molecule has 0 aliphatic heterocycles. The Balaban J connectivity index is 2.18. The number of rotatable bonds is 3. The molecule has 0 radical (unpaired) electrons. The maximum absolute atomic E-state index is 12.9. The second kappa shape index (κ2) is 5.92. The average molecular weight is 336 g/mol. The fourth-order valence-electron chi connectivity index (χ4n) is 2.58. The molecule has 0 saturated heterocycles. The Morgan fingerprint density at radius 1 is 1.09 bits per heavy atom. The monoisotopic (exact) mass is 336 g/mol. The highest BCUT2D eigenvalue weighted by atomic mass is 32.2. The SMILES string of the molecule is CCSc1ccccc1-c1ccc2nc(C(F)(F)F)cn2c1C. The molecule has 3 rings (SSSR count). The Morgan fingerprint density at radius 3 is 2.52 bits per heavy atom. The Hall–Kier alpha value is -1.95. The Bertz CT molecular complexity index is 853. The van der Waals surface area contributed by atoms with Gasteiger partial charge in [0.2, 0.25) is 0 Å². The summed E-state index contributed by atoms with van der Waals surface area (Å²) < 4.78 is 40.1. The number of alkyl halides is 3. The van der Waals surface area contributed by atoms with Crippen molar-refractivity contribution in [2.75, 3.05) is 5.75 Å². The van der Waals surface area contributed by atoms with Gasteiger partial charge in [0.1, 0.15) is 5.65 Å². The van der Waals surface area contributed by atoms with Crippen LogP contribution in [0.4, 0.5) is 13.2 Å². The molecule has 0 unspecified atom stereocenters. The fraction of sp³-hybridized carbons (Fsp3) is 0.235. The van der Waals surface area contributed by atoms with Gasteiger partial charge in [0.05, 0.1) is 0 Å². The van der Waals surface area contributed by atoms with Crippen molar-refractivity contribution in [1.29, 1.82) is 0 Å². The number of aromatic nitrogens is 2. The van der Waals surface area contributed by atoms with Crippen molar-refractivity contribution >= 4 is 17.4 Å². The predicted octanol–water partition coefficient (Wildman–Crippen LogP) is 5.44. The van der Waals surface area contributed by atoms with E-state index in [1.807, 2.05) is 37.3 Å². The minimum atomic E-state index is -4.44. The molecule has 0 spiro atoms. The van der Waals surface area contributed by atoms with Crippen LogP contribution in [0.1, 0.15) is 18.3 Å². The number of benzene rings is 1. The first-order chi connectivity index (χ1) is 10.9. The molecule has 2 nitrogen and oxygen atoms in total. The van der Waals surface area contributed by atoms with E-state index in [1.165, 1.54) is 4.40 Å². The van der Waals surface area contributed by atoms with E-state index in [-0.39, 0.29) is 0 Å². The number of hydrogen-bond acceptors (Lipinski definition) is 2. The van der Waals surface area contributed by atoms with E-state index in [4.69, 9.17) is 0 Å². The van der Waals surface area contributed by atoms with Gasteiger partial charge in [-0.05, 0) is 36.4 Å². The van der Waals surface area contributed by atoms with E-state index in [1.54, 1.807) is 17.8 Å². The van der Waals surface area contributed by atoms with Gasteiger partial charge >= 0.3 is 6.18 Å². The second-order valence-corrected chi connectivity index (χ2v) is 6.42. The highest BCUT2D eigenvalue weighted by Crippen LogP contribution is 2.35. The summed E-state index contributed by atoms with van der Waals surface area (Å²) in [5.41, 5.74) is 2.13. The Morgan fingerprint density at radius 2 is 1.83 bits per heavy atom. The lowest BCUT2D eigenvalue weighted by atomic mass is 10.0. The number of nitrogens with zero attached hydrogens (tertiary/aromatic N) is 2. The lowest BCUT2D eigenvalue weighted by Gasteiger charge is -2.12. The highest BCUT2D eigenvalue weighted by Gasteiger charge is 2.34. The molecule has 23 heavy (non-hydrogen) atoms.